The summed E-state index contributed by atoms with van der Waals surface area (Å²) in [5, 5.41) is 9.93. The van der Waals surface area contributed by atoms with Gasteiger partial charge < -0.3 is 9.84 Å². The van der Waals surface area contributed by atoms with Gasteiger partial charge in [-0.25, -0.2) is 0 Å². The van der Waals surface area contributed by atoms with E-state index in [9.17, 15) is 5.11 Å². The third-order valence-corrected chi connectivity index (χ3v) is 3.18. The van der Waals surface area contributed by atoms with Crippen molar-refractivity contribution < 1.29 is 9.84 Å². The van der Waals surface area contributed by atoms with Gasteiger partial charge in [0.15, 0.2) is 0 Å². The Hall–Kier alpha value is -0.520. The van der Waals surface area contributed by atoms with Crippen molar-refractivity contribution in [2.45, 2.75) is 71.2 Å². The van der Waals surface area contributed by atoms with Crippen molar-refractivity contribution in [3.8, 4) is 11.8 Å². The summed E-state index contributed by atoms with van der Waals surface area (Å²) in [5.74, 6) is 6.40. The topological polar surface area (TPSA) is 32.8 Å². The first-order valence-electron chi connectivity index (χ1n) is 6.36. The molecule has 0 aliphatic carbocycles. The van der Waals surface area contributed by atoms with Gasteiger partial charge in [0.2, 0.25) is 0 Å². The number of hydrogen-bond donors (Lipinski definition) is 1. The number of ether oxygens (including phenoxy) is 1. The molecule has 16 heavy (non-hydrogen) atoms. The van der Waals surface area contributed by atoms with Crippen LogP contribution in [-0.2, 0) is 4.74 Å². The van der Waals surface area contributed by atoms with Gasteiger partial charge in [0.05, 0.1) is 6.10 Å². The van der Waals surface area contributed by atoms with Gasteiger partial charge in [0.25, 0.3) is 0 Å². The first kappa shape index (κ1) is 13.5. The highest BCUT2D eigenvalue weighted by Crippen LogP contribution is 2.43. The first-order chi connectivity index (χ1) is 7.52. The minimum absolute atomic E-state index is 0.160. The van der Waals surface area contributed by atoms with Gasteiger partial charge in [-0.2, -0.15) is 0 Å². The van der Waals surface area contributed by atoms with Crippen molar-refractivity contribution in [3.63, 3.8) is 0 Å². The van der Waals surface area contributed by atoms with Gasteiger partial charge in [-0.3, -0.25) is 0 Å². The molecule has 1 heterocycles. The molecule has 0 amide bonds. The Bertz CT molecular complexity index is 274. The number of epoxide rings is 1. The molecule has 0 aromatic carbocycles. The van der Waals surface area contributed by atoms with E-state index in [1.54, 1.807) is 0 Å². The number of aliphatic hydroxyl groups excluding tert-OH is 1. The second-order valence-corrected chi connectivity index (χ2v) is 5.15. The minimum Gasteiger partial charge on any atom is -0.377 e. The molecule has 1 aliphatic rings. The van der Waals surface area contributed by atoms with Crippen molar-refractivity contribution in [1.29, 1.82) is 0 Å². The van der Waals surface area contributed by atoms with Crippen LogP contribution in [-0.4, -0.2) is 22.9 Å². The fraction of sp³-hybridized carbons (Fsp3) is 0.857. The normalized spacial score (nSPS) is 29.8. The SMILES string of the molecule is CCCCCC#C[C@H](O)[C@]1(C)O[C@@H]1C(C)C. The predicted molar refractivity (Wildman–Crippen MR) is 66.0 cm³/mol. The fourth-order valence-electron chi connectivity index (χ4n) is 2.03. The molecule has 1 saturated heterocycles. The molecule has 1 aliphatic heterocycles. The zero-order valence-electron chi connectivity index (χ0n) is 10.9. The molecule has 1 rings (SSSR count). The molecule has 0 unspecified atom stereocenters. The molecule has 0 bridgehead atoms. The highest BCUT2D eigenvalue weighted by Gasteiger charge is 2.58. The zero-order valence-corrected chi connectivity index (χ0v) is 10.9. The van der Waals surface area contributed by atoms with E-state index in [1.807, 2.05) is 6.92 Å². The van der Waals surface area contributed by atoms with Gasteiger partial charge in [-0.1, -0.05) is 39.5 Å². The van der Waals surface area contributed by atoms with Gasteiger partial charge in [0, 0.05) is 6.42 Å². The zero-order chi connectivity index (χ0) is 12.2. The molecule has 92 valence electrons. The predicted octanol–water partition coefficient (Wildman–Crippen LogP) is 2.74. The highest BCUT2D eigenvalue weighted by molar-refractivity contribution is 5.18. The third-order valence-electron chi connectivity index (χ3n) is 3.18. The van der Waals surface area contributed by atoms with E-state index in [-0.39, 0.29) is 6.10 Å². The molecule has 1 N–H and O–H groups in total. The molecule has 0 radical (unpaired) electrons. The van der Waals surface area contributed by atoms with Gasteiger partial charge in [-0.05, 0) is 19.3 Å². The lowest BCUT2D eigenvalue weighted by Gasteiger charge is -2.10. The maximum atomic E-state index is 9.93. The van der Waals surface area contributed by atoms with Crippen LogP contribution in [0.1, 0.15) is 53.4 Å². The van der Waals surface area contributed by atoms with Crippen LogP contribution >= 0.6 is 0 Å². The molecule has 3 atom stereocenters. The maximum Gasteiger partial charge on any atom is 0.145 e. The van der Waals surface area contributed by atoms with Crippen LogP contribution in [0.4, 0.5) is 0 Å². The Kier molecular flexibility index (Phi) is 4.83. The van der Waals surface area contributed by atoms with E-state index in [0.29, 0.717) is 5.92 Å². The molecular formula is C14H24O2. The molecule has 0 aromatic heterocycles. The fourth-order valence-corrected chi connectivity index (χ4v) is 2.03. The molecule has 1 fully saturated rings. The summed E-state index contributed by atoms with van der Waals surface area (Å²) in [6.07, 6.45) is 3.96. The number of hydrogen-bond acceptors (Lipinski definition) is 2. The van der Waals surface area contributed by atoms with Crippen molar-refractivity contribution in [3.05, 3.63) is 0 Å². The second-order valence-electron chi connectivity index (χ2n) is 5.15. The summed E-state index contributed by atoms with van der Waals surface area (Å²) in [4.78, 5) is 0. The molecule has 2 nitrogen and oxygen atoms in total. The van der Waals surface area contributed by atoms with E-state index < -0.39 is 11.7 Å². The molecule has 0 saturated carbocycles. The smallest absolute Gasteiger partial charge is 0.145 e. The first-order valence-corrected chi connectivity index (χ1v) is 6.36. The van der Waals surface area contributed by atoms with Crippen LogP contribution in [0.2, 0.25) is 0 Å². The monoisotopic (exact) mass is 224 g/mol. The average molecular weight is 224 g/mol. The van der Waals surface area contributed by atoms with E-state index in [1.165, 1.54) is 12.8 Å². The Morgan fingerprint density at radius 3 is 2.56 bits per heavy atom. The summed E-state index contributed by atoms with van der Waals surface area (Å²) in [7, 11) is 0. The van der Waals surface area contributed by atoms with Crippen LogP contribution in [0, 0.1) is 17.8 Å². The Morgan fingerprint density at radius 1 is 1.38 bits per heavy atom. The summed E-state index contributed by atoms with van der Waals surface area (Å²) >= 11 is 0. The van der Waals surface area contributed by atoms with Crippen LogP contribution in [0.25, 0.3) is 0 Å². The number of aliphatic hydroxyl groups is 1. The number of unbranched alkanes of at least 4 members (excludes halogenated alkanes) is 3. The van der Waals surface area contributed by atoms with Crippen LogP contribution < -0.4 is 0 Å². The lowest BCUT2D eigenvalue weighted by molar-refractivity contribution is 0.131. The molecule has 0 spiro atoms. The van der Waals surface area contributed by atoms with Crippen molar-refractivity contribution in [2.24, 2.45) is 5.92 Å². The lowest BCUT2D eigenvalue weighted by Crippen LogP contribution is -2.29. The molecule has 0 aromatic rings. The average Bonchev–Trinajstić information content (AvgIpc) is 2.92. The quantitative estimate of drug-likeness (QED) is 0.442. The Balaban J connectivity index is 2.33. The van der Waals surface area contributed by atoms with Crippen LogP contribution in [0.15, 0.2) is 0 Å². The van der Waals surface area contributed by atoms with E-state index >= 15 is 0 Å². The summed E-state index contributed by atoms with van der Waals surface area (Å²) in [5.41, 5.74) is -0.425. The van der Waals surface area contributed by atoms with Crippen LogP contribution in [0.3, 0.4) is 0 Å². The van der Waals surface area contributed by atoms with E-state index in [0.717, 1.165) is 12.8 Å². The molecule has 2 heteroatoms. The van der Waals surface area contributed by atoms with Crippen molar-refractivity contribution in [2.75, 3.05) is 0 Å². The standard InChI is InChI=1S/C14H24O2/c1-5-6-7-8-9-10-12(15)14(4)13(16-14)11(2)3/h11-13,15H,5-8H2,1-4H3/t12-,13+,14-/m0/s1. The summed E-state index contributed by atoms with van der Waals surface area (Å²) in [6.45, 7) is 8.34. The van der Waals surface area contributed by atoms with Crippen LogP contribution in [0.5, 0.6) is 0 Å². The highest BCUT2D eigenvalue weighted by atomic mass is 16.6. The van der Waals surface area contributed by atoms with Crippen molar-refractivity contribution >= 4 is 0 Å². The summed E-state index contributed by atoms with van der Waals surface area (Å²) in [6, 6.07) is 0. The third kappa shape index (κ3) is 3.23. The van der Waals surface area contributed by atoms with E-state index in [2.05, 4.69) is 32.6 Å². The van der Waals surface area contributed by atoms with Gasteiger partial charge in [-0.15, -0.1) is 5.92 Å². The maximum absolute atomic E-state index is 9.93. The van der Waals surface area contributed by atoms with Gasteiger partial charge >= 0.3 is 0 Å². The van der Waals surface area contributed by atoms with Gasteiger partial charge in [0.1, 0.15) is 11.7 Å². The number of rotatable bonds is 5. The lowest BCUT2D eigenvalue weighted by atomic mass is 9.94. The molecular weight excluding hydrogens is 200 g/mol. The Labute approximate surface area is 99.4 Å². The Morgan fingerprint density at radius 2 is 2.06 bits per heavy atom. The largest absolute Gasteiger partial charge is 0.377 e. The summed E-state index contributed by atoms with van der Waals surface area (Å²) < 4.78 is 5.55. The second kappa shape index (κ2) is 5.70. The minimum atomic E-state index is -0.637. The van der Waals surface area contributed by atoms with Crippen molar-refractivity contribution in [1.82, 2.24) is 0 Å². The van der Waals surface area contributed by atoms with E-state index in [4.69, 9.17) is 4.74 Å².